The first-order chi connectivity index (χ1) is 19.6. The second-order valence-electron chi connectivity index (χ2n) is 11.4. The van der Waals surface area contributed by atoms with Crippen LogP contribution in [0.1, 0.15) is 36.0 Å². The quantitative estimate of drug-likeness (QED) is 0.354. The van der Waals surface area contributed by atoms with Gasteiger partial charge in [-0.2, -0.15) is 4.31 Å². The number of nitrogens with zero attached hydrogens (tertiary/aromatic N) is 4. The monoisotopic (exact) mass is 586 g/mol. The van der Waals surface area contributed by atoms with Gasteiger partial charge in [0.25, 0.3) is 0 Å². The number of likely N-dealkylation sites (N-methyl/N-ethyl adjacent to an activating group) is 2. The van der Waals surface area contributed by atoms with E-state index in [1.165, 1.54) is 16.9 Å². The number of hydrogen-bond acceptors (Lipinski definition) is 7. The molecule has 0 aromatic heterocycles. The second-order valence-corrected chi connectivity index (χ2v) is 13.4. The summed E-state index contributed by atoms with van der Waals surface area (Å²) in [6, 6.07) is 14.8. The zero-order valence-corrected chi connectivity index (χ0v) is 26.0. The van der Waals surface area contributed by atoms with E-state index in [1.54, 1.807) is 33.1 Å². The molecule has 1 heterocycles. The number of ether oxygens (including phenoxy) is 2. The van der Waals surface area contributed by atoms with Crippen LogP contribution in [-0.2, 0) is 26.1 Å². The molecule has 0 N–H and O–H groups in total. The molecule has 2 fully saturated rings. The van der Waals surface area contributed by atoms with Crippen molar-refractivity contribution >= 4 is 15.9 Å². The summed E-state index contributed by atoms with van der Waals surface area (Å²) < 4.78 is 38.6. The molecule has 226 valence electrons. The van der Waals surface area contributed by atoms with Crippen LogP contribution in [0.3, 0.4) is 0 Å². The maximum atomic E-state index is 13.2. The smallest absolute Gasteiger partial charge is 0.248 e. The van der Waals surface area contributed by atoms with E-state index >= 15 is 0 Å². The molecule has 10 heteroatoms. The molecule has 41 heavy (non-hydrogen) atoms. The van der Waals surface area contributed by atoms with Crippen LogP contribution in [0.5, 0.6) is 5.75 Å². The number of carbonyl (C=O) groups is 1. The third kappa shape index (κ3) is 7.87. The summed E-state index contributed by atoms with van der Waals surface area (Å²) in [4.78, 5) is 20.1. The van der Waals surface area contributed by atoms with Crippen molar-refractivity contribution in [1.29, 1.82) is 0 Å². The number of methoxy groups -OCH3 is 1. The molecule has 0 unspecified atom stereocenters. The number of amides is 1. The molecule has 0 spiro atoms. The molecule has 0 radical (unpaired) electrons. The van der Waals surface area contributed by atoms with Gasteiger partial charge in [-0.05, 0) is 61.9 Å². The first-order valence-electron chi connectivity index (χ1n) is 14.6. The minimum absolute atomic E-state index is 0.0513. The summed E-state index contributed by atoms with van der Waals surface area (Å²) in [5.74, 6) is 0.568. The summed E-state index contributed by atoms with van der Waals surface area (Å²) in [6.45, 7) is 9.05. The van der Waals surface area contributed by atoms with Gasteiger partial charge in [0.1, 0.15) is 12.4 Å². The van der Waals surface area contributed by atoms with Crippen molar-refractivity contribution in [2.45, 2.75) is 56.6 Å². The Hall–Kier alpha value is -2.50. The zero-order chi connectivity index (χ0) is 29.6. The van der Waals surface area contributed by atoms with E-state index in [0.29, 0.717) is 22.9 Å². The molecule has 2 aromatic rings. The number of aryl methyl sites for hydroxylation is 2. The van der Waals surface area contributed by atoms with Crippen molar-refractivity contribution in [2.24, 2.45) is 0 Å². The van der Waals surface area contributed by atoms with Crippen molar-refractivity contribution in [3.8, 4) is 5.75 Å². The predicted molar refractivity (Wildman–Crippen MR) is 161 cm³/mol. The molecule has 4 rings (SSSR count). The number of hydrogen-bond donors (Lipinski definition) is 0. The van der Waals surface area contributed by atoms with E-state index in [1.807, 2.05) is 11.9 Å². The molecule has 1 aliphatic carbocycles. The molecule has 1 saturated carbocycles. The van der Waals surface area contributed by atoms with Gasteiger partial charge < -0.3 is 14.4 Å². The summed E-state index contributed by atoms with van der Waals surface area (Å²) in [7, 11) is 1.26. The summed E-state index contributed by atoms with van der Waals surface area (Å²) in [5.41, 5.74) is 2.63. The average Bonchev–Trinajstić information content (AvgIpc) is 3.45. The SMILES string of the molecule is COc1cc(C)c(S(=O)(=O)N(C)CCOCC(=O)N(C)[C@@H]2CC[C@H](N3CCN(Cc4ccccc4)CC3)C2)c(C)c1. The predicted octanol–water partition coefficient (Wildman–Crippen LogP) is 3.15. The Balaban J connectivity index is 1.17. The standard InChI is InChI=1S/C31H46N4O5S/c1-24-19-29(39-5)20-25(2)31(24)41(37,38)32(3)17-18-40-23-30(36)33(4)27-11-12-28(21-27)35-15-13-34(14-16-35)22-26-9-7-6-8-10-26/h6-10,19-20,27-28H,11-18,21-23H2,1-5H3/t27-,28+/m1/s1. The minimum Gasteiger partial charge on any atom is -0.497 e. The Morgan fingerprint density at radius 1 is 1.00 bits per heavy atom. The Morgan fingerprint density at radius 2 is 1.66 bits per heavy atom. The number of piperazine rings is 1. The van der Waals surface area contributed by atoms with Crippen molar-refractivity contribution in [1.82, 2.24) is 19.0 Å². The van der Waals surface area contributed by atoms with Crippen LogP contribution >= 0.6 is 0 Å². The lowest BCUT2D eigenvalue weighted by Crippen LogP contribution is -2.49. The summed E-state index contributed by atoms with van der Waals surface area (Å²) >= 11 is 0. The molecule has 1 amide bonds. The van der Waals surface area contributed by atoms with E-state index in [2.05, 4.69) is 40.1 Å². The van der Waals surface area contributed by atoms with E-state index in [9.17, 15) is 13.2 Å². The van der Waals surface area contributed by atoms with Crippen LogP contribution in [0.4, 0.5) is 0 Å². The van der Waals surface area contributed by atoms with Crippen LogP contribution in [0.15, 0.2) is 47.4 Å². The van der Waals surface area contributed by atoms with E-state index < -0.39 is 10.0 Å². The van der Waals surface area contributed by atoms with Gasteiger partial charge in [0.15, 0.2) is 0 Å². The van der Waals surface area contributed by atoms with E-state index in [0.717, 1.165) is 52.0 Å². The first kappa shape index (κ1) is 31.4. The van der Waals surface area contributed by atoms with Crippen molar-refractivity contribution in [3.05, 3.63) is 59.2 Å². The maximum absolute atomic E-state index is 13.2. The summed E-state index contributed by atoms with van der Waals surface area (Å²) in [6.07, 6.45) is 3.09. The van der Waals surface area contributed by atoms with E-state index in [4.69, 9.17) is 9.47 Å². The highest BCUT2D eigenvalue weighted by Crippen LogP contribution is 2.29. The van der Waals surface area contributed by atoms with Crippen LogP contribution < -0.4 is 4.74 Å². The fraction of sp³-hybridized carbons (Fsp3) is 0.581. The van der Waals surface area contributed by atoms with Gasteiger partial charge >= 0.3 is 0 Å². The lowest BCUT2D eigenvalue weighted by atomic mass is 10.1. The molecule has 2 aromatic carbocycles. The third-order valence-electron chi connectivity index (χ3n) is 8.60. The van der Waals surface area contributed by atoms with Gasteiger partial charge in [0, 0.05) is 65.4 Å². The number of rotatable bonds is 12. The zero-order valence-electron chi connectivity index (χ0n) is 25.2. The molecule has 9 nitrogen and oxygen atoms in total. The fourth-order valence-electron chi connectivity index (χ4n) is 6.12. The topological polar surface area (TPSA) is 82.6 Å². The normalized spacial score (nSPS) is 20.4. The molecule has 2 aliphatic rings. The van der Waals surface area contributed by atoms with Gasteiger partial charge in [0.2, 0.25) is 15.9 Å². The lowest BCUT2D eigenvalue weighted by molar-refractivity contribution is -0.136. The highest BCUT2D eigenvalue weighted by Gasteiger charge is 2.34. The summed E-state index contributed by atoms with van der Waals surface area (Å²) in [5, 5.41) is 0. The fourth-order valence-corrected chi connectivity index (χ4v) is 7.67. The van der Waals surface area contributed by atoms with Crippen molar-refractivity contribution < 1.29 is 22.7 Å². The molecular formula is C31H46N4O5S. The third-order valence-corrected chi connectivity index (χ3v) is 10.8. The Morgan fingerprint density at radius 3 is 2.29 bits per heavy atom. The van der Waals surface area contributed by atoms with Gasteiger partial charge in [-0.1, -0.05) is 30.3 Å². The largest absolute Gasteiger partial charge is 0.497 e. The first-order valence-corrected chi connectivity index (χ1v) is 16.0. The minimum atomic E-state index is -3.70. The van der Waals surface area contributed by atoms with Crippen LogP contribution in [0.2, 0.25) is 0 Å². The average molecular weight is 587 g/mol. The Labute approximate surface area is 246 Å². The molecule has 1 aliphatic heterocycles. The Kier molecular flexibility index (Phi) is 10.8. The van der Waals surface area contributed by atoms with Crippen molar-refractivity contribution in [3.63, 3.8) is 0 Å². The highest BCUT2D eigenvalue weighted by atomic mass is 32.2. The van der Waals surface area contributed by atoms with Crippen molar-refractivity contribution in [2.75, 3.05) is 67.1 Å². The lowest BCUT2D eigenvalue weighted by Gasteiger charge is -2.38. The number of benzene rings is 2. The molecular weight excluding hydrogens is 540 g/mol. The second kappa shape index (κ2) is 14.1. The number of carbonyl (C=O) groups excluding carboxylic acids is 1. The maximum Gasteiger partial charge on any atom is 0.248 e. The van der Waals surface area contributed by atoms with Crippen LogP contribution in [-0.4, -0.2) is 113 Å². The van der Waals surface area contributed by atoms with Crippen LogP contribution in [0.25, 0.3) is 0 Å². The van der Waals surface area contributed by atoms with Crippen LogP contribution in [0, 0.1) is 13.8 Å². The molecule has 1 saturated heterocycles. The van der Waals surface area contributed by atoms with Gasteiger partial charge in [-0.3, -0.25) is 14.6 Å². The van der Waals surface area contributed by atoms with Gasteiger partial charge in [0.05, 0.1) is 18.6 Å². The Bertz CT molecular complexity index is 1240. The molecule has 0 bridgehead atoms. The van der Waals surface area contributed by atoms with Gasteiger partial charge in [-0.25, -0.2) is 8.42 Å². The highest BCUT2D eigenvalue weighted by molar-refractivity contribution is 7.89. The van der Waals surface area contributed by atoms with Gasteiger partial charge in [-0.15, -0.1) is 0 Å². The van der Waals surface area contributed by atoms with E-state index in [-0.39, 0.29) is 36.6 Å². The molecule has 2 atom stereocenters. The number of sulfonamides is 1.